The van der Waals surface area contributed by atoms with Gasteiger partial charge in [-0.05, 0) is 47.0 Å². The minimum atomic E-state index is -0.313. The van der Waals surface area contributed by atoms with Crippen LogP contribution < -0.4 is 4.90 Å². The second-order valence-corrected chi connectivity index (χ2v) is 4.93. The summed E-state index contributed by atoms with van der Waals surface area (Å²) >= 11 is 9.49. The number of aryl methyl sites for hydroxylation is 1. The third kappa shape index (κ3) is 2.18. The van der Waals surface area contributed by atoms with Gasteiger partial charge in [0.1, 0.15) is 0 Å². The molecule has 1 saturated heterocycles. The molecule has 0 saturated carbocycles. The minimum absolute atomic E-state index is 0.313. The van der Waals surface area contributed by atoms with E-state index in [-0.39, 0.29) is 6.09 Å². The molecule has 86 valence electrons. The number of hydrogen-bond donors (Lipinski definition) is 0. The second kappa shape index (κ2) is 4.63. The molecule has 1 aliphatic heterocycles. The van der Waals surface area contributed by atoms with Gasteiger partial charge in [-0.3, -0.25) is 4.90 Å². The summed E-state index contributed by atoms with van der Waals surface area (Å²) in [7, 11) is 0. The van der Waals surface area contributed by atoms with Crippen LogP contribution in [0.25, 0.3) is 0 Å². The molecule has 2 rings (SSSR count). The summed E-state index contributed by atoms with van der Waals surface area (Å²) in [5, 5.41) is 0.650. The Balaban J connectivity index is 2.39. The fourth-order valence-corrected chi connectivity index (χ4v) is 2.44. The van der Waals surface area contributed by atoms with Gasteiger partial charge in [-0.2, -0.15) is 0 Å². The fourth-order valence-electron chi connectivity index (χ4n) is 1.61. The number of ether oxygens (including phenoxy) is 1. The van der Waals surface area contributed by atoms with Crippen LogP contribution in [0.2, 0.25) is 5.02 Å². The molecule has 0 bridgehead atoms. The Labute approximate surface area is 107 Å². The van der Waals surface area contributed by atoms with Gasteiger partial charge < -0.3 is 4.74 Å². The van der Waals surface area contributed by atoms with E-state index in [0.717, 1.165) is 22.1 Å². The SMILES string of the molecule is Cc1cc(Br)c(N2CCCOC2=O)cc1Cl. The maximum atomic E-state index is 11.6. The van der Waals surface area contributed by atoms with E-state index in [1.807, 2.05) is 13.0 Å². The van der Waals surface area contributed by atoms with Crippen LogP contribution in [0.1, 0.15) is 12.0 Å². The van der Waals surface area contributed by atoms with E-state index in [1.54, 1.807) is 11.0 Å². The topological polar surface area (TPSA) is 29.5 Å². The number of nitrogens with zero attached hydrogens (tertiary/aromatic N) is 1. The standard InChI is InChI=1S/C11H11BrClNO2/c1-7-5-8(12)10(6-9(7)13)14-3-2-4-16-11(14)15/h5-6H,2-4H2,1H3. The van der Waals surface area contributed by atoms with Crippen molar-refractivity contribution in [3.05, 3.63) is 27.2 Å². The number of halogens is 2. The van der Waals surface area contributed by atoms with E-state index < -0.39 is 0 Å². The van der Waals surface area contributed by atoms with Crippen LogP contribution >= 0.6 is 27.5 Å². The van der Waals surface area contributed by atoms with Gasteiger partial charge in [0.15, 0.2) is 0 Å². The number of carbonyl (C=O) groups is 1. The second-order valence-electron chi connectivity index (χ2n) is 3.67. The Bertz CT molecular complexity index is 436. The van der Waals surface area contributed by atoms with Crippen molar-refractivity contribution in [2.75, 3.05) is 18.1 Å². The first-order valence-electron chi connectivity index (χ1n) is 4.99. The van der Waals surface area contributed by atoms with Crippen molar-refractivity contribution in [3.8, 4) is 0 Å². The van der Waals surface area contributed by atoms with Gasteiger partial charge in [0.2, 0.25) is 0 Å². The minimum Gasteiger partial charge on any atom is -0.449 e. The lowest BCUT2D eigenvalue weighted by Crippen LogP contribution is -2.37. The fraction of sp³-hybridized carbons (Fsp3) is 0.364. The molecule has 1 heterocycles. The van der Waals surface area contributed by atoms with Crippen LogP contribution in [0.3, 0.4) is 0 Å². The summed E-state index contributed by atoms with van der Waals surface area (Å²) in [5.41, 5.74) is 1.74. The van der Waals surface area contributed by atoms with Gasteiger partial charge in [-0.25, -0.2) is 4.79 Å². The molecule has 1 aromatic carbocycles. The normalized spacial score (nSPS) is 16.2. The maximum absolute atomic E-state index is 11.6. The first-order chi connectivity index (χ1) is 7.59. The molecule has 0 N–H and O–H groups in total. The van der Waals surface area contributed by atoms with Crippen LogP contribution in [0.15, 0.2) is 16.6 Å². The smallest absolute Gasteiger partial charge is 0.414 e. The molecular weight excluding hydrogens is 293 g/mol. The zero-order valence-corrected chi connectivity index (χ0v) is 11.1. The molecule has 0 unspecified atom stereocenters. The third-order valence-corrected chi connectivity index (χ3v) is 3.53. The molecule has 1 aromatic rings. The van der Waals surface area contributed by atoms with Crippen LogP contribution in [0.4, 0.5) is 10.5 Å². The number of rotatable bonds is 1. The molecule has 1 aliphatic rings. The summed E-state index contributed by atoms with van der Waals surface area (Å²) in [5.74, 6) is 0. The number of hydrogen-bond acceptors (Lipinski definition) is 2. The molecular formula is C11H11BrClNO2. The van der Waals surface area contributed by atoms with E-state index in [1.165, 1.54) is 0 Å². The molecule has 0 radical (unpaired) electrons. The van der Waals surface area contributed by atoms with Crippen molar-refractivity contribution in [2.24, 2.45) is 0 Å². The molecule has 1 amide bonds. The quantitative estimate of drug-likeness (QED) is 0.790. The number of anilines is 1. The highest BCUT2D eigenvalue weighted by Crippen LogP contribution is 2.33. The summed E-state index contributed by atoms with van der Waals surface area (Å²) in [4.78, 5) is 13.2. The van der Waals surface area contributed by atoms with Gasteiger partial charge in [0, 0.05) is 16.0 Å². The third-order valence-electron chi connectivity index (χ3n) is 2.49. The molecule has 5 heteroatoms. The van der Waals surface area contributed by atoms with Crippen LogP contribution in [-0.2, 0) is 4.74 Å². The summed E-state index contributed by atoms with van der Waals surface area (Å²) in [6.07, 6.45) is 0.524. The van der Waals surface area contributed by atoms with Gasteiger partial charge in [0.05, 0.1) is 12.3 Å². The van der Waals surface area contributed by atoms with E-state index >= 15 is 0 Å². The van der Waals surface area contributed by atoms with Crippen molar-refractivity contribution >= 4 is 39.3 Å². The highest BCUT2D eigenvalue weighted by atomic mass is 79.9. The van der Waals surface area contributed by atoms with E-state index in [0.29, 0.717) is 18.2 Å². The Morgan fingerprint density at radius 3 is 2.94 bits per heavy atom. The van der Waals surface area contributed by atoms with Crippen molar-refractivity contribution in [3.63, 3.8) is 0 Å². The maximum Gasteiger partial charge on any atom is 0.414 e. The number of amides is 1. The van der Waals surface area contributed by atoms with Gasteiger partial charge in [0.25, 0.3) is 0 Å². The Hall–Kier alpha value is -0.740. The number of cyclic esters (lactones) is 1. The van der Waals surface area contributed by atoms with Gasteiger partial charge in [-0.1, -0.05) is 11.6 Å². The van der Waals surface area contributed by atoms with Crippen molar-refractivity contribution in [1.82, 2.24) is 0 Å². The lowest BCUT2D eigenvalue weighted by Gasteiger charge is -2.27. The average molecular weight is 305 g/mol. The average Bonchev–Trinajstić information content (AvgIpc) is 2.25. The van der Waals surface area contributed by atoms with Crippen LogP contribution in [0.5, 0.6) is 0 Å². The summed E-state index contributed by atoms with van der Waals surface area (Å²) in [6.45, 7) is 3.08. The zero-order chi connectivity index (χ0) is 11.7. The molecule has 16 heavy (non-hydrogen) atoms. The Morgan fingerprint density at radius 2 is 2.25 bits per heavy atom. The monoisotopic (exact) mass is 303 g/mol. The number of benzene rings is 1. The summed E-state index contributed by atoms with van der Waals surface area (Å²) < 4.78 is 5.85. The predicted octanol–water partition coefficient (Wildman–Crippen LogP) is 3.76. The van der Waals surface area contributed by atoms with E-state index in [4.69, 9.17) is 16.3 Å². The first-order valence-corrected chi connectivity index (χ1v) is 6.16. The molecule has 1 fully saturated rings. The summed E-state index contributed by atoms with van der Waals surface area (Å²) in [6, 6.07) is 3.69. The van der Waals surface area contributed by atoms with Gasteiger partial charge >= 0.3 is 6.09 Å². The van der Waals surface area contributed by atoms with Crippen molar-refractivity contribution < 1.29 is 9.53 Å². The molecule has 0 spiro atoms. The Morgan fingerprint density at radius 1 is 1.50 bits per heavy atom. The first kappa shape index (κ1) is 11.7. The largest absolute Gasteiger partial charge is 0.449 e. The molecule has 0 atom stereocenters. The molecule has 0 aliphatic carbocycles. The highest BCUT2D eigenvalue weighted by molar-refractivity contribution is 9.10. The van der Waals surface area contributed by atoms with Gasteiger partial charge in [-0.15, -0.1) is 0 Å². The Kier molecular flexibility index (Phi) is 3.40. The predicted molar refractivity (Wildman–Crippen MR) is 67.2 cm³/mol. The van der Waals surface area contributed by atoms with Crippen LogP contribution in [0, 0.1) is 6.92 Å². The molecule has 0 aromatic heterocycles. The molecule has 3 nitrogen and oxygen atoms in total. The van der Waals surface area contributed by atoms with E-state index in [2.05, 4.69) is 15.9 Å². The number of carbonyl (C=O) groups excluding carboxylic acids is 1. The van der Waals surface area contributed by atoms with Crippen LogP contribution in [-0.4, -0.2) is 19.2 Å². The van der Waals surface area contributed by atoms with Crippen molar-refractivity contribution in [1.29, 1.82) is 0 Å². The highest BCUT2D eigenvalue weighted by Gasteiger charge is 2.23. The lowest BCUT2D eigenvalue weighted by molar-refractivity contribution is 0.140. The zero-order valence-electron chi connectivity index (χ0n) is 8.80. The lowest BCUT2D eigenvalue weighted by atomic mass is 10.2. The van der Waals surface area contributed by atoms with E-state index in [9.17, 15) is 4.79 Å². The van der Waals surface area contributed by atoms with Crippen molar-refractivity contribution in [2.45, 2.75) is 13.3 Å².